The van der Waals surface area contributed by atoms with Gasteiger partial charge in [-0.05, 0) is 37.3 Å². The Balaban J connectivity index is 2.05. The highest BCUT2D eigenvalue weighted by atomic mass is 16.5. The summed E-state index contributed by atoms with van der Waals surface area (Å²) >= 11 is 0. The number of carbonyl (C=O) groups is 1. The van der Waals surface area contributed by atoms with E-state index in [2.05, 4.69) is 4.98 Å². The number of nitrogens with zero attached hydrogens (tertiary/aromatic N) is 2. The monoisotopic (exact) mass is 314 g/mol. The first-order valence-corrected chi connectivity index (χ1v) is 7.62. The molecule has 1 heterocycles. The quantitative estimate of drug-likeness (QED) is 0.788. The van der Waals surface area contributed by atoms with E-state index in [9.17, 15) is 4.79 Å². The second-order valence-electron chi connectivity index (χ2n) is 5.10. The number of hydrogen-bond acceptors (Lipinski definition) is 4. The first-order chi connectivity index (χ1) is 11.2. The Kier molecular flexibility index (Phi) is 5.97. The van der Waals surface area contributed by atoms with Crippen molar-refractivity contribution in [2.45, 2.75) is 13.3 Å². The minimum atomic E-state index is -0.0514. The van der Waals surface area contributed by atoms with Crippen molar-refractivity contribution in [3.8, 4) is 11.5 Å². The highest BCUT2D eigenvalue weighted by molar-refractivity contribution is 5.94. The predicted octanol–water partition coefficient (Wildman–Crippen LogP) is 2.80. The highest BCUT2D eigenvalue weighted by Gasteiger charge is 2.15. The number of benzene rings is 1. The van der Waals surface area contributed by atoms with Gasteiger partial charge in [-0.2, -0.15) is 0 Å². The van der Waals surface area contributed by atoms with Gasteiger partial charge >= 0.3 is 0 Å². The van der Waals surface area contributed by atoms with Crippen LogP contribution in [0, 0.1) is 0 Å². The lowest BCUT2D eigenvalue weighted by atomic mass is 10.1. The number of aromatic nitrogens is 1. The minimum absolute atomic E-state index is 0.0514. The molecule has 5 heteroatoms. The highest BCUT2D eigenvalue weighted by Crippen LogP contribution is 2.28. The number of hydrogen-bond donors (Lipinski definition) is 0. The lowest BCUT2D eigenvalue weighted by Crippen LogP contribution is -2.29. The Morgan fingerprint density at radius 3 is 2.70 bits per heavy atom. The van der Waals surface area contributed by atoms with Gasteiger partial charge in [-0.15, -0.1) is 0 Å². The standard InChI is InChI=1S/C18H22N2O3/c1-4-23-17-13-14(8-9-16(17)22-3)18(21)20(2)12-10-15-7-5-6-11-19-15/h5-9,11,13H,4,10,12H2,1-3H3. The van der Waals surface area contributed by atoms with Crippen LogP contribution in [-0.2, 0) is 6.42 Å². The Hall–Kier alpha value is -2.56. The zero-order valence-electron chi connectivity index (χ0n) is 13.8. The van der Waals surface area contributed by atoms with E-state index in [1.54, 1.807) is 43.5 Å². The molecule has 1 aromatic carbocycles. The number of ether oxygens (including phenoxy) is 2. The first-order valence-electron chi connectivity index (χ1n) is 7.62. The average molecular weight is 314 g/mol. The molecule has 1 aromatic heterocycles. The van der Waals surface area contributed by atoms with Crippen molar-refractivity contribution < 1.29 is 14.3 Å². The molecule has 0 bridgehead atoms. The summed E-state index contributed by atoms with van der Waals surface area (Å²) in [7, 11) is 3.37. The lowest BCUT2D eigenvalue weighted by molar-refractivity contribution is 0.0796. The van der Waals surface area contributed by atoms with Gasteiger partial charge < -0.3 is 14.4 Å². The van der Waals surface area contributed by atoms with Gasteiger partial charge in [0.2, 0.25) is 0 Å². The molecule has 0 fully saturated rings. The van der Waals surface area contributed by atoms with E-state index >= 15 is 0 Å². The van der Waals surface area contributed by atoms with Crippen LogP contribution < -0.4 is 9.47 Å². The molecular weight excluding hydrogens is 292 g/mol. The van der Waals surface area contributed by atoms with Crippen molar-refractivity contribution in [1.29, 1.82) is 0 Å². The second-order valence-corrected chi connectivity index (χ2v) is 5.10. The van der Waals surface area contributed by atoms with Crippen molar-refractivity contribution >= 4 is 5.91 Å². The number of carbonyl (C=O) groups excluding carboxylic acids is 1. The molecule has 0 radical (unpaired) electrons. The molecule has 0 aliphatic rings. The lowest BCUT2D eigenvalue weighted by Gasteiger charge is -2.18. The molecule has 0 aliphatic carbocycles. The smallest absolute Gasteiger partial charge is 0.253 e. The van der Waals surface area contributed by atoms with Crippen LogP contribution in [0.5, 0.6) is 11.5 Å². The molecule has 0 saturated heterocycles. The molecule has 23 heavy (non-hydrogen) atoms. The SMILES string of the molecule is CCOc1cc(C(=O)N(C)CCc2ccccn2)ccc1OC. The molecule has 0 unspecified atom stereocenters. The van der Waals surface area contributed by atoms with Crippen molar-refractivity contribution in [2.75, 3.05) is 27.3 Å². The summed E-state index contributed by atoms with van der Waals surface area (Å²) in [6.45, 7) is 3.02. The molecule has 0 aliphatic heterocycles. The molecule has 1 amide bonds. The Bertz CT molecular complexity index is 644. The van der Waals surface area contributed by atoms with Crippen molar-refractivity contribution in [3.63, 3.8) is 0 Å². The Morgan fingerprint density at radius 1 is 1.22 bits per heavy atom. The maximum Gasteiger partial charge on any atom is 0.253 e. The van der Waals surface area contributed by atoms with E-state index in [1.807, 2.05) is 25.1 Å². The van der Waals surface area contributed by atoms with Crippen molar-refractivity contribution in [2.24, 2.45) is 0 Å². The van der Waals surface area contributed by atoms with Crippen LogP contribution in [0.3, 0.4) is 0 Å². The Labute approximate surface area is 136 Å². The van der Waals surface area contributed by atoms with Gasteiger partial charge in [-0.25, -0.2) is 0 Å². The number of likely N-dealkylation sites (N-methyl/N-ethyl adjacent to an activating group) is 1. The molecule has 2 aromatic rings. The fourth-order valence-corrected chi connectivity index (χ4v) is 2.23. The summed E-state index contributed by atoms with van der Waals surface area (Å²) in [5.74, 6) is 1.16. The van der Waals surface area contributed by atoms with Gasteiger partial charge in [0, 0.05) is 37.5 Å². The fraction of sp³-hybridized carbons (Fsp3) is 0.333. The largest absolute Gasteiger partial charge is 0.493 e. The number of pyridine rings is 1. The summed E-state index contributed by atoms with van der Waals surface area (Å²) in [5, 5.41) is 0. The molecule has 5 nitrogen and oxygen atoms in total. The van der Waals surface area contributed by atoms with Crippen LogP contribution in [0.15, 0.2) is 42.6 Å². The molecular formula is C18H22N2O3. The molecule has 122 valence electrons. The molecule has 2 rings (SSSR count). The van der Waals surface area contributed by atoms with E-state index in [0.717, 1.165) is 12.1 Å². The van der Waals surface area contributed by atoms with Crippen LogP contribution in [0.1, 0.15) is 23.0 Å². The molecule has 0 atom stereocenters. The third-order valence-electron chi connectivity index (χ3n) is 3.49. The van der Waals surface area contributed by atoms with Crippen LogP contribution >= 0.6 is 0 Å². The van der Waals surface area contributed by atoms with Crippen LogP contribution in [0.2, 0.25) is 0 Å². The first kappa shape index (κ1) is 16.8. The number of methoxy groups -OCH3 is 1. The van der Waals surface area contributed by atoms with Crippen LogP contribution in [-0.4, -0.2) is 43.1 Å². The zero-order valence-corrected chi connectivity index (χ0v) is 13.8. The van der Waals surface area contributed by atoms with Crippen LogP contribution in [0.4, 0.5) is 0 Å². The molecule has 0 spiro atoms. The topological polar surface area (TPSA) is 51.7 Å². The Morgan fingerprint density at radius 2 is 2.04 bits per heavy atom. The summed E-state index contributed by atoms with van der Waals surface area (Å²) < 4.78 is 10.8. The van der Waals surface area contributed by atoms with Crippen molar-refractivity contribution in [3.05, 3.63) is 53.9 Å². The van der Waals surface area contributed by atoms with E-state index in [1.165, 1.54) is 0 Å². The zero-order chi connectivity index (χ0) is 16.7. The normalized spacial score (nSPS) is 10.2. The van der Waals surface area contributed by atoms with Gasteiger partial charge in [0.1, 0.15) is 0 Å². The fourth-order valence-electron chi connectivity index (χ4n) is 2.23. The van der Waals surface area contributed by atoms with Gasteiger partial charge in [0.05, 0.1) is 13.7 Å². The predicted molar refractivity (Wildman–Crippen MR) is 89.1 cm³/mol. The summed E-state index contributed by atoms with van der Waals surface area (Å²) in [6.07, 6.45) is 2.48. The minimum Gasteiger partial charge on any atom is -0.493 e. The maximum atomic E-state index is 12.5. The summed E-state index contributed by atoms with van der Waals surface area (Å²) in [4.78, 5) is 18.5. The van der Waals surface area contributed by atoms with E-state index in [0.29, 0.717) is 30.2 Å². The number of amides is 1. The summed E-state index contributed by atoms with van der Waals surface area (Å²) in [5.41, 5.74) is 1.55. The van der Waals surface area contributed by atoms with Gasteiger partial charge in [-0.1, -0.05) is 6.07 Å². The molecule has 0 saturated carbocycles. The van der Waals surface area contributed by atoms with Gasteiger partial charge in [0.25, 0.3) is 5.91 Å². The maximum absolute atomic E-state index is 12.5. The third-order valence-corrected chi connectivity index (χ3v) is 3.49. The summed E-state index contributed by atoms with van der Waals surface area (Å²) in [6, 6.07) is 11.0. The van der Waals surface area contributed by atoms with E-state index in [4.69, 9.17) is 9.47 Å². The third kappa shape index (κ3) is 4.45. The van der Waals surface area contributed by atoms with E-state index < -0.39 is 0 Å². The second kappa shape index (κ2) is 8.17. The molecule has 0 N–H and O–H groups in total. The van der Waals surface area contributed by atoms with Gasteiger partial charge in [-0.3, -0.25) is 9.78 Å². The van der Waals surface area contributed by atoms with Crippen molar-refractivity contribution in [1.82, 2.24) is 9.88 Å². The van der Waals surface area contributed by atoms with Crippen LogP contribution in [0.25, 0.3) is 0 Å². The number of rotatable bonds is 7. The van der Waals surface area contributed by atoms with Gasteiger partial charge in [0.15, 0.2) is 11.5 Å². The average Bonchev–Trinajstić information content (AvgIpc) is 2.60. The van der Waals surface area contributed by atoms with E-state index in [-0.39, 0.29) is 5.91 Å².